The lowest BCUT2D eigenvalue weighted by atomic mass is 10.0. The first-order chi connectivity index (χ1) is 39.5. The fourth-order valence-corrected chi connectivity index (χ4v) is 8.49. The molecule has 0 heterocycles. The molecule has 0 spiro atoms. The van der Waals surface area contributed by atoms with Gasteiger partial charge in [-0.15, -0.1) is 0 Å². The predicted octanol–water partition coefficient (Wildman–Crippen LogP) is 22.5. The summed E-state index contributed by atoms with van der Waals surface area (Å²) >= 11 is 0. The Balaban J connectivity index is 4.56. The van der Waals surface area contributed by atoms with Gasteiger partial charge >= 0.3 is 17.9 Å². The lowest BCUT2D eigenvalue weighted by Crippen LogP contribution is -2.30. The van der Waals surface area contributed by atoms with Crippen LogP contribution in [0.5, 0.6) is 0 Å². The summed E-state index contributed by atoms with van der Waals surface area (Å²) in [6, 6.07) is 0. The van der Waals surface area contributed by atoms with Crippen molar-refractivity contribution in [3.63, 3.8) is 0 Å². The highest BCUT2D eigenvalue weighted by Gasteiger charge is 2.19. The molecule has 0 saturated carbocycles. The van der Waals surface area contributed by atoms with E-state index in [4.69, 9.17) is 14.2 Å². The minimum Gasteiger partial charge on any atom is -0.462 e. The number of hydrogen-bond donors (Lipinski definition) is 0. The number of carbonyl (C=O) groups excluding carboxylic acids is 3. The van der Waals surface area contributed by atoms with E-state index in [-0.39, 0.29) is 44.0 Å². The molecule has 0 amide bonds. The Labute approximate surface area is 492 Å². The first-order valence-corrected chi connectivity index (χ1v) is 32.5. The van der Waals surface area contributed by atoms with Crippen LogP contribution in [0.15, 0.2) is 158 Å². The molecule has 1 atom stereocenters. The second kappa shape index (κ2) is 66.5. The first-order valence-electron chi connectivity index (χ1n) is 32.5. The van der Waals surface area contributed by atoms with E-state index >= 15 is 0 Å². The van der Waals surface area contributed by atoms with Crippen molar-refractivity contribution in [3.8, 4) is 0 Å². The molecule has 0 aromatic heterocycles. The maximum absolute atomic E-state index is 12.9. The van der Waals surface area contributed by atoms with E-state index in [1.807, 2.05) is 0 Å². The maximum Gasteiger partial charge on any atom is 0.306 e. The van der Waals surface area contributed by atoms with E-state index in [0.29, 0.717) is 12.8 Å². The molecule has 80 heavy (non-hydrogen) atoms. The van der Waals surface area contributed by atoms with Crippen LogP contribution in [0.1, 0.15) is 271 Å². The van der Waals surface area contributed by atoms with E-state index < -0.39 is 6.10 Å². The molecule has 0 aromatic carbocycles. The van der Waals surface area contributed by atoms with Gasteiger partial charge in [0.25, 0.3) is 0 Å². The molecule has 0 aliphatic rings. The summed E-state index contributed by atoms with van der Waals surface area (Å²) in [6.45, 7) is 6.35. The highest BCUT2D eigenvalue weighted by molar-refractivity contribution is 5.71. The average Bonchev–Trinajstić information content (AvgIpc) is 3.46. The van der Waals surface area contributed by atoms with E-state index in [9.17, 15) is 14.4 Å². The molecular formula is C74H118O6. The van der Waals surface area contributed by atoms with Crippen molar-refractivity contribution in [2.45, 2.75) is 277 Å². The van der Waals surface area contributed by atoms with Crippen molar-refractivity contribution in [2.24, 2.45) is 0 Å². The molecule has 0 aromatic rings. The Hall–Kier alpha value is -4.97. The van der Waals surface area contributed by atoms with Crippen LogP contribution in [0, 0.1) is 0 Å². The fourth-order valence-electron chi connectivity index (χ4n) is 8.49. The molecule has 0 N–H and O–H groups in total. The molecule has 1 unspecified atom stereocenters. The molecule has 0 saturated heterocycles. The molecule has 0 aliphatic carbocycles. The number of hydrogen-bond acceptors (Lipinski definition) is 6. The van der Waals surface area contributed by atoms with Crippen LogP contribution in [0.2, 0.25) is 0 Å². The minimum absolute atomic E-state index is 0.111. The fraction of sp³-hybridized carbons (Fsp3) is 0.608. The summed E-state index contributed by atoms with van der Waals surface area (Å²) in [4.78, 5) is 38.4. The van der Waals surface area contributed by atoms with Gasteiger partial charge in [0, 0.05) is 19.3 Å². The summed E-state index contributed by atoms with van der Waals surface area (Å²) in [5.41, 5.74) is 0. The minimum atomic E-state index is -0.824. The van der Waals surface area contributed by atoms with Gasteiger partial charge in [-0.25, -0.2) is 0 Å². The molecular weight excluding hydrogens is 985 g/mol. The lowest BCUT2D eigenvalue weighted by Gasteiger charge is -2.18. The van der Waals surface area contributed by atoms with Crippen molar-refractivity contribution < 1.29 is 28.6 Å². The van der Waals surface area contributed by atoms with Gasteiger partial charge in [-0.3, -0.25) is 14.4 Å². The molecule has 450 valence electrons. The van der Waals surface area contributed by atoms with Gasteiger partial charge < -0.3 is 14.2 Å². The normalized spacial score (nSPS) is 13.2. The Morgan fingerprint density at radius 1 is 0.263 bits per heavy atom. The van der Waals surface area contributed by atoms with Gasteiger partial charge in [0.1, 0.15) is 13.2 Å². The molecule has 6 nitrogen and oxygen atoms in total. The summed E-state index contributed by atoms with van der Waals surface area (Å²) in [5.74, 6) is -0.998. The standard InChI is InChI=1S/C74H118O6/c1-4-7-10-13-16-19-22-25-28-31-33-35-37-39-41-43-46-49-52-55-58-61-64-67-73(76)79-70-71(69-78-72(75)66-63-60-57-54-51-48-45-30-27-24-21-18-15-12-9-6-3)80-74(77)68-65-62-59-56-53-50-47-44-42-40-38-36-34-32-29-26-23-20-17-14-11-8-5-2/h7-8,10-11,16-17,19-20,25-26,28-29,33-36,39-42,46-47,49-50,55,58,71H,4-6,9,12-15,18,21-24,27,30-32,37-38,43-45,48,51-54,56-57,59-70H2,1-3H3/b10-7-,11-8-,19-16-,20-17-,28-25-,29-26-,35-33-,36-34-,41-39-,42-40-,49-46-,50-47-,58-55-. The van der Waals surface area contributed by atoms with Crippen molar-refractivity contribution in [2.75, 3.05) is 13.2 Å². The van der Waals surface area contributed by atoms with E-state index in [0.717, 1.165) is 141 Å². The Morgan fingerprint density at radius 3 is 0.812 bits per heavy atom. The Morgan fingerprint density at radius 2 is 0.500 bits per heavy atom. The van der Waals surface area contributed by atoms with Crippen LogP contribution >= 0.6 is 0 Å². The van der Waals surface area contributed by atoms with Gasteiger partial charge in [-0.1, -0.05) is 288 Å². The smallest absolute Gasteiger partial charge is 0.306 e. The number of esters is 3. The topological polar surface area (TPSA) is 78.9 Å². The van der Waals surface area contributed by atoms with E-state index in [1.165, 1.54) is 83.5 Å². The monoisotopic (exact) mass is 1100 g/mol. The second-order valence-corrected chi connectivity index (χ2v) is 20.9. The van der Waals surface area contributed by atoms with E-state index in [1.54, 1.807) is 0 Å². The van der Waals surface area contributed by atoms with Gasteiger partial charge in [0.15, 0.2) is 6.10 Å². The van der Waals surface area contributed by atoms with Crippen LogP contribution < -0.4 is 0 Å². The largest absolute Gasteiger partial charge is 0.462 e. The third-order valence-corrected chi connectivity index (χ3v) is 13.3. The van der Waals surface area contributed by atoms with Crippen LogP contribution in [0.25, 0.3) is 0 Å². The summed E-state index contributed by atoms with van der Waals surface area (Å²) < 4.78 is 16.9. The number of allylic oxidation sites excluding steroid dienone is 26. The molecule has 0 radical (unpaired) electrons. The number of rotatable bonds is 57. The van der Waals surface area contributed by atoms with Crippen molar-refractivity contribution >= 4 is 17.9 Å². The van der Waals surface area contributed by atoms with Gasteiger partial charge in [0.2, 0.25) is 0 Å². The van der Waals surface area contributed by atoms with Gasteiger partial charge in [0.05, 0.1) is 0 Å². The molecule has 0 fully saturated rings. The third kappa shape index (κ3) is 63.9. The quantitative estimate of drug-likeness (QED) is 0.0261. The number of carbonyl (C=O) groups is 3. The number of ether oxygens (including phenoxy) is 3. The van der Waals surface area contributed by atoms with Crippen LogP contribution in [0.3, 0.4) is 0 Å². The van der Waals surface area contributed by atoms with Crippen LogP contribution in [0.4, 0.5) is 0 Å². The number of unbranched alkanes of at least 4 members (excludes halogenated alkanes) is 20. The zero-order chi connectivity index (χ0) is 57.8. The summed E-state index contributed by atoms with van der Waals surface area (Å²) in [6.07, 6.45) is 96.7. The zero-order valence-electron chi connectivity index (χ0n) is 51.5. The molecule has 0 aliphatic heterocycles. The third-order valence-electron chi connectivity index (χ3n) is 13.3. The molecule has 0 bridgehead atoms. The van der Waals surface area contributed by atoms with Gasteiger partial charge in [-0.05, 0) is 122 Å². The molecule has 6 heteroatoms. The summed E-state index contributed by atoms with van der Waals surface area (Å²) in [7, 11) is 0. The highest BCUT2D eigenvalue weighted by atomic mass is 16.6. The van der Waals surface area contributed by atoms with Crippen LogP contribution in [-0.2, 0) is 28.6 Å². The lowest BCUT2D eigenvalue weighted by molar-refractivity contribution is -0.167. The zero-order valence-corrected chi connectivity index (χ0v) is 51.5. The van der Waals surface area contributed by atoms with Crippen molar-refractivity contribution in [1.29, 1.82) is 0 Å². The molecule has 0 rings (SSSR count). The first kappa shape index (κ1) is 75.0. The van der Waals surface area contributed by atoms with Gasteiger partial charge in [-0.2, -0.15) is 0 Å². The van der Waals surface area contributed by atoms with Crippen molar-refractivity contribution in [3.05, 3.63) is 158 Å². The average molecular weight is 1100 g/mol. The van der Waals surface area contributed by atoms with Crippen molar-refractivity contribution in [1.82, 2.24) is 0 Å². The Kier molecular flexibility index (Phi) is 62.4. The highest BCUT2D eigenvalue weighted by Crippen LogP contribution is 2.15. The van der Waals surface area contributed by atoms with E-state index in [2.05, 4.69) is 179 Å². The SMILES string of the molecule is CC/C=C\C/C=C\C/C=C\C/C=C\C/C=C\C/C=C\C/C=C\CCCC(=O)OCC(COC(=O)CCCCCCCCCCCCCCCCCC)OC(=O)CCCCCC/C=C\C/C=C\C/C=C\C/C=C\C/C=C\C/C=C\CC. The summed E-state index contributed by atoms with van der Waals surface area (Å²) in [5, 5.41) is 0. The maximum atomic E-state index is 12.9. The predicted molar refractivity (Wildman–Crippen MR) is 348 cm³/mol. The Bertz CT molecular complexity index is 1790. The second-order valence-electron chi connectivity index (χ2n) is 20.9. The van der Waals surface area contributed by atoms with Crippen LogP contribution in [-0.4, -0.2) is 37.2 Å².